The van der Waals surface area contributed by atoms with Gasteiger partial charge in [0, 0.05) is 48.1 Å². The van der Waals surface area contributed by atoms with Crippen LogP contribution in [0.5, 0.6) is 0 Å². The molecule has 2 N–H and O–H groups in total. The highest BCUT2D eigenvalue weighted by atomic mass is 16.6. The van der Waals surface area contributed by atoms with Crippen molar-refractivity contribution in [2.45, 2.75) is 38.5 Å². The number of aromatic nitrogens is 2. The second kappa shape index (κ2) is 9.67. The Balaban J connectivity index is 1.47. The lowest BCUT2D eigenvalue weighted by atomic mass is 9.89. The number of nitrogens with one attached hydrogen (secondary N) is 2. The van der Waals surface area contributed by atoms with Crippen molar-refractivity contribution in [1.82, 2.24) is 14.9 Å². The van der Waals surface area contributed by atoms with E-state index < -0.39 is 4.92 Å². The first-order valence-corrected chi connectivity index (χ1v) is 11.0. The summed E-state index contributed by atoms with van der Waals surface area (Å²) in [5.74, 6) is 0.534. The van der Waals surface area contributed by atoms with E-state index in [1.54, 1.807) is 11.0 Å². The molecule has 0 saturated carbocycles. The smallest absolute Gasteiger partial charge is 0.409 e. The molecule has 0 atom stereocenters. The lowest BCUT2D eigenvalue weighted by molar-refractivity contribution is -0.384. The van der Waals surface area contributed by atoms with Crippen molar-refractivity contribution in [3.05, 3.63) is 58.4 Å². The number of nitrogens with zero attached hydrogens (tertiary/aromatic N) is 3. The van der Waals surface area contributed by atoms with Crippen LogP contribution in [-0.2, 0) is 4.74 Å². The zero-order valence-electron chi connectivity index (χ0n) is 18.0. The summed E-state index contributed by atoms with van der Waals surface area (Å²) in [6.45, 7) is 3.88. The van der Waals surface area contributed by atoms with E-state index in [1.807, 2.05) is 24.4 Å². The van der Waals surface area contributed by atoms with Crippen LogP contribution >= 0.6 is 0 Å². The minimum absolute atomic E-state index is 0.0694. The lowest BCUT2D eigenvalue weighted by Gasteiger charge is -2.31. The largest absolute Gasteiger partial charge is 0.449 e. The number of carbonyl (C=O) groups excluding carboxylic acids is 1. The summed E-state index contributed by atoms with van der Waals surface area (Å²) in [7, 11) is 0. The number of likely N-dealkylation sites (tertiary alicyclic amines) is 1. The number of nitro groups is 1. The van der Waals surface area contributed by atoms with Gasteiger partial charge in [0.2, 0.25) is 5.82 Å². The van der Waals surface area contributed by atoms with Crippen molar-refractivity contribution in [2.24, 2.45) is 0 Å². The first-order chi connectivity index (χ1) is 15.6. The Bertz CT molecular complexity index is 1100. The Kier molecular flexibility index (Phi) is 6.53. The van der Waals surface area contributed by atoms with Crippen molar-refractivity contribution in [2.75, 3.05) is 25.0 Å². The highest BCUT2D eigenvalue weighted by Crippen LogP contribution is 2.35. The van der Waals surface area contributed by atoms with Gasteiger partial charge in [-0.15, -0.1) is 0 Å². The summed E-state index contributed by atoms with van der Waals surface area (Å²) in [4.78, 5) is 32.3. The fourth-order valence-corrected chi connectivity index (χ4v) is 4.10. The molecule has 0 unspecified atom stereocenters. The van der Waals surface area contributed by atoms with Gasteiger partial charge >= 0.3 is 11.8 Å². The van der Waals surface area contributed by atoms with E-state index in [0.717, 1.165) is 42.3 Å². The number of hydrogen-bond acceptors (Lipinski definition) is 6. The molecule has 0 bridgehead atoms. The molecule has 1 saturated heterocycles. The fourth-order valence-electron chi connectivity index (χ4n) is 4.10. The standard InChI is InChI=1S/C23H27N5O4/c1-2-3-13-32-23(29)27-11-8-16(9-12-27)19-15-25-20-7-6-17(14-18(19)20)26-22-21(28(30)31)5-4-10-24-22/h4-7,10,14-16,25H,2-3,8-9,11-13H2,1H3,(H,24,26). The number of fused-ring (bicyclic) bond motifs is 1. The van der Waals surface area contributed by atoms with Crippen LogP contribution < -0.4 is 5.32 Å². The molecule has 9 nitrogen and oxygen atoms in total. The van der Waals surface area contributed by atoms with Crippen LogP contribution in [-0.4, -0.2) is 45.6 Å². The van der Waals surface area contributed by atoms with Gasteiger partial charge < -0.3 is 19.9 Å². The molecule has 1 aromatic carbocycles. The molecule has 9 heteroatoms. The van der Waals surface area contributed by atoms with Gasteiger partial charge in [0.05, 0.1) is 11.5 Å². The van der Waals surface area contributed by atoms with E-state index in [9.17, 15) is 14.9 Å². The highest BCUT2D eigenvalue weighted by Gasteiger charge is 2.26. The van der Waals surface area contributed by atoms with Crippen molar-refractivity contribution in [1.29, 1.82) is 0 Å². The minimum Gasteiger partial charge on any atom is -0.449 e. The number of ether oxygens (including phenoxy) is 1. The number of pyridine rings is 1. The molecule has 32 heavy (non-hydrogen) atoms. The molecule has 1 amide bonds. The Hall–Kier alpha value is -3.62. The van der Waals surface area contributed by atoms with Crippen LogP contribution in [0.25, 0.3) is 10.9 Å². The SMILES string of the molecule is CCCCOC(=O)N1CCC(c2c[nH]c3ccc(Nc4ncccc4[N+](=O)[O-])cc23)CC1. The number of amides is 1. The first-order valence-electron chi connectivity index (χ1n) is 11.0. The number of anilines is 2. The van der Waals surface area contributed by atoms with E-state index >= 15 is 0 Å². The monoisotopic (exact) mass is 437 g/mol. The predicted molar refractivity (Wildman–Crippen MR) is 122 cm³/mol. The maximum absolute atomic E-state index is 12.2. The van der Waals surface area contributed by atoms with Crippen LogP contribution in [0.15, 0.2) is 42.7 Å². The van der Waals surface area contributed by atoms with Gasteiger partial charge in [-0.2, -0.15) is 0 Å². The zero-order valence-corrected chi connectivity index (χ0v) is 18.0. The zero-order chi connectivity index (χ0) is 22.5. The van der Waals surface area contributed by atoms with Crippen LogP contribution in [0.1, 0.15) is 44.1 Å². The van der Waals surface area contributed by atoms with Crippen molar-refractivity contribution >= 4 is 34.2 Å². The number of hydrogen-bond donors (Lipinski definition) is 2. The fraction of sp³-hybridized carbons (Fsp3) is 0.391. The molecule has 1 aliphatic heterocycles. The Morgan fingerprint density at radius 2 is 2.16 bits per heavy atom. The van der Waals surface area contributed by atoms with Gasteiger partial charge in [0.1, 0.15) is 0 Å². The van der Waals surface area contributed by atoms with E-state index in [0.29, 0.717) is 25.6 Å². The van der Waals surface area contributed by atoms with Gasteiger partial charge in [0.15, 0.2) is 0 Å². The number of piperidine rings is 1. The second-order valence-electron chi connectivity index (χ2n) is 7.99. The third-order valence-corrected chi connectivity index (χ3v) is 5.88. The van der Waals surface area contributed by atoms with Crippen molar-refractivity contribution in [3.63, 3.8) is 0 Å². The number of H-pyrrole nitrogens is 1. The summed E-state index contributed by atoms with van der Waals surface area (Å²) in [5.41, 5.74) is 2.86. The normalized spacial score (nSPS) is 14.5. The van der Waals surface area contributed by atoms with E-state index in [2.05, 4.69) is 22.2 Å². The second-order valence-corrected chi connectivity index (χ2v) is 7.99. The van der Waals surface area contributed by atoms with Crippen LogP contribution in [0, 0.1) is 10.1 Å². The summed E-state index contributed by atoms with van der Waals surface area (Å²) < 4.78 is 5.34. The number of aromatic amines is 1. The summed E-state index contributed by atoms with van der Waals surface area (Å²) >= 11 is 0. The number of rotatable bonds is 7. The molecule has 0 radical (unpaired) electrons. The molecule has 0 aliphatic carbocycles. The molecule has 168 valence electrons. The molecule has 0 spiro atoms. The van der Waals surface area contributed by atoms with Crippen LogP contribution in [0.4, 0.5) is 22.0 Å². The number of carbonyl (C=O) groups is 1. The average Bonchev–Trinajstić information content (AvgIpc) is 3.23. The Labute approximate surface area is 185 Å². The van der Waals surface area contributed by atoms with E-state index in [4.69, 9.17) is 4.74 Å². The molecule has 1 fully saturated rings. The maximum Gasteiger partial charge on any atom is 0.409 e. The molecular weight excluding hydrogens is 410 g/mol. The molecule has 2 aromatic heterocycles. The van der Waals surface area contributed by atoms with Crippen LogP contribution in [0.3, 0.4) is 0 Å². The number of unbranched alkanes of at least 4 members (excludes halogenated alkanes) is 1. The van der Waals surface area contributed by atoms with Gasteiger partial charge in [-0.05, 0) is 55.0 Å². The third kappa shape index (κ3) is 4.66. The van der Waals surface area contributed by atoms with Gasteiger partial charge in [-0.1, -0.05) is 13.3 Å². The average molecular weight is 438 g/mol. The molecule has 3 aromatic rings. The Morgan fingerprint density at radius 1 is 1.34 bits per heavy atom. The van der Waals surface area contributed by atoms with Gasteiger partial charge in [-0.3, -0.25) is 10.1 Å². The molecule has 4 rings (SSSR count). The summed E-state index contributed by atoms with van der Waals surface area (Å²) in [5, 5.41) is 15.4. The van der Waals surface area contributed by atoms with Crippen molar-refractivity contribution < 1.29 is 14.5 Å². The predicted octanol–water partition coefficient (Wildman–Crippen LogP) is 5.33. The van der Waals surface area contributed by atoms with E-state index in [-0.39, 0.29) is 17.6 Å². The molecule has 3 heterocycles. The lowest BCUT2D eigenvalue weighted by Crippen LogP contribution is -2.38. The summed E-state index contributed by atoms with van der Waals surface area (Å²) in [6.07, 6.45) is 6.93. The summed E-state index contributed by atoms with van der Waals surface area (Å²) in [6, 6.07) is 8.79. The Morgan fingerprint density at radius 3 is 2.91 bits per heavy atom. The van der Waals surface area contributed by atoms with Gasteiger partial charge in [-0.25, -0.2) is 9.78 Å². The van der Waals surface area contributed by atoms with Crippen LogP contribution in [0.2, 0.25) is 0 Å². The third-order valence-electron chi connectivity index (χ3n) is 5.88. The quantitative estimate of drug-likeness (QED) is 0.293. The van der Waals surface area contributed by atoms with E-state index in [1.165, 1.54) is 17.8 Å². The minimum atomic E-state index is -0.448. The maximum atomic E-state index is 12.2. The molecule has 1 aliphatic rings. The molecular formula is C23H27N5O4. The highest BCUT2D eigenvalue weighted by molar-refractivity contribution is 5.88. The first kappa shape index (κ1) is 21.6. The van der Waals surface area contributed by atoms with Crippen molar-refractivity contribution in [3.8, 4) is 0 Å². The van der Waals surface area contributed by atoms with Gasteiger partial charge in [0.25, 0.3) is 0 Å². The topological polar surface area (TPSA) is 113 Å². The number of benzene rings is 1.